The normalized spacial score (nSPS) is 10.3. The second-order valence-electron chi connectivity index (χ2n) is 2.65. The van der Waals surface area contributed by atoms with E-state index in [1.165, 1.54) is 12.1 Å². The van der Waals surface area contributed by atoms with Gasteiger partial charge in [0, 0.05) is 18.6 Å². The molecule has 0 amide bonds. The van der Waals surface area contributed by atoms with Crippen molar-refractivity contribution in [1.82, 2.24) is 9.97 Å². The molecule has 2 rings (SSSR count). The van der Waals surface area contributed by atoms with Gasteiger partial charge >= 0.3 is 0 Å². The Balaban J connectivity index is 2.66. The zero-order valence-corrected chi connectivity index (χ0v) is 7.08. The van der Waals surface area contributed by atoms with Crippen molar-refractivity contribution in [3.8, 4) is 0 Å². The molecule has 13 heavy (non-hydrogen) atoms. The first kappa shape index (κ1) is 7.91. The van der Waals surface area contributed by atoms with Gasteiger partial charge in [0.05, 0.1) is 5.52 Å². The van der Waals surface area contributed by atoms with Gasteiger partial charge in [0.2, 0.25) is 5.95 Å². The summed E-state index contributed by atoms with van der Waals surface area (Å²) in [7, 11) is 1.74. The van der Waals surface area contributed by atoms with E-state index in [4.69, 9.17) is 0 Å². The number of anilines is 1. The minimum Gasteiger partial charge on any atom is -0.357 e. The van der Waals surface area contributed by atoms with Gasteiger partial charge in [-0.05, 0) is 18.2 Å². The zero-order valence-electron chi connectivity index (χ0n) is 7.08. The Kier molecular flexibility index (Phi) is 1.81. The molecule has 1 N–H and O–H groups in total. The van der Waals surface area contributed by atoms with Crippen LogP contribution in [0, 0.1) is 5.82 Å². The molecule has 0 spiro atoms. The summed E-state index contributed by atoms with van der Waals surface area (Å²) in [4.78, 5) is 8.12. The summed E-state index contributed by atoms with van der Waals surface area (Å²) < 4.78 is 12.7. The summed E-state index contributed by atoms with van der Waals surface area (Å²) in [5, 5.41) is 3.53. The average molecular weight is 177 g/mol. The van der Waals surface area contributed by atoms with Gasteiger partial charge in [0.25, 0.3) is 0 Å². The van der Waals surface area contributed by atoms with Crippen LogP contribution in [0.4, 0.5) is 10.3 Å². The minimum atomic E-state index is -0.270. The predicted molar refractivity (Wildman–Crippen MR) is 49.0 cm³/mol. The highest BCUT2D eigenvalue weighted by atomic mass is 19.1. The quantitative estimate of drug-likeness (QED) is 0.721. The number of rotatable bonds is 1. The molecule has 0 aliphatic heterocycles. The largest absolute Gasteiger partial charge is 0.357 e. The molecule has 4 heteroatoms. The number of hydrogen-bond donors (Lipinski definition) is 1. The van der Waals surface area contributed by atoms with Crippen molar-refractivity contribution in [2.45, 2.75) is 0 Å². The van der Waals surface area contributed by atoms with Crippen molar-refractivity contribution >= 4 is 16.9 Å². The molecule has 3 nitrogen and oxygen atoms in total. The lowest BCUT2D eigenvalue weighted by atomic mass is 10.2. The summed E-state index contributed by atoms with van der Waals surface area (Å²) in [6.45, 7) is 0. The fourth-order valence-corrected chi connectivity index (χ4v) is 1.12. The minimum absolute atomic E-state index is 0.270. The van der Waals surface area contributed by atoms with Crippen molar-refractivity contribution in [3.63, 3.8) is 0 Å². The highest BCUT2D eigenvalue weighted by Gasteiger charge is 1.98. The van der Waals surface area contributed by atoms with Crippen LogP contribution in [0.2, 0.25) is 0 Å². The molecular formula is C9H8FN3. The van der Waals surface area contributed by atoms with Crippen molar-refractivity contribution in [2.75, 3.05) is 12.4 Å². The van der Waals surface area contributed by atoms with E-state index in [1.54, 1.807) is 19.3 Å². The van der Waals surface area contributed by atoms with Gasteiger partial charge in [-0.3, -0.25) is 0 Å². The summed E-state index contributed by atoms with van der Waals surface area (Å²) >= 11 is 0. The second kappa shape index (κ2) is 2.97. The van der Waals surface area contributed by atoms with Crippen LogP contribution in [0.25, 0.3) is 10.9 Å². The zero-order chi connectivity index (χ0) is 9.26. The van der Waals surface area contributed by atoms with Gasteiger partial charge in [0.1, 0.15) is 5.82 Å². The van der Waals surface area contributed by atoms with Crippen LogP contribution in [0.3, 0.4) is 0 Å². The van der Waals surface area contributed by atoms with E-state index in [2.05, 4.69) is 15.3 Å². The molecule has 1 aromatic heterocycles. The van der Waals surface area contributed by atoms with E-state index in [1.807, 2.05) is 0 Å². The molecule has 0 radical (unpaired) electrons. The highest BCUT2D eigenvalue weighted by molar-refractivity contribution is 5.78. The SMILES string of the molecule is CNc1ncc2cc(F)ccc2n1. The van der Waals surface area contributed by atoms with Crippen LogP contribution in [0.1, 0.15) is 0 Å². The fraction of sp³-hybridized carbons (Fsp3) is 0.111. The molecule has 0 saturated carbocycles. The maximum Gasteiger partial charge on any atom is 0.222 e. The predicted octanol–water partition coefficient (Wildman–Crippen LogP) is 1.81. The first-order chi connectivity index (χ1) is 6.29. The van der Waals surface area contributed by atoms with E-state index in [0.29, 0.717) is 11.3 Å². The second-order valence-corrected chi connectivity index (χ2v) is 2.65. The standard InChI is InChI=1S/C9H8FN3/c1-11-9-12-5-6-4-7(10)2-3-8(6)13-9/h2-5H,1H3,(H,11,12,13). The van der Waals surface area contributed by atoms with Crippen LogP contribution in [-0.4, -0.2) is 17.0 Å². The Labute approximate surface area is 74.6 Å². The van der Waals surface area contributed by atoms with E-state index < -0.39 is 0 Å². The smallest absolute Gasteiger partial charge is 0.222 e. The third-order valence-electron chi connectivity index (χ3n) is 1.77. The number of fused-ring (bicyclic) bond motifs is 1. The molecule has 0 fully saturated rings. The Morgan fingerprint density at radius 1 is 1.38 bits per heavy atom. The number of nitrogens with one attached hydrogen (secondary N) is 1. The van der Waals surface area contributed by atoms with Gasteiger partial charge in [-0.25, -0.2) is 14.4 Å². The third-order valence-corrected chi connectivity index (χ3v) is 1.77. The Hall–Kier alpha value is -1.71. The van der Waals surface area contributed by atoms with E-state index in [-0.39, 0.29) is 5.82 Å². The van der Waals surface area contributed by atoms with E-state index >= 15 is 0 Å². The van der Waals surface area contributed by atoms with Gasteiger partial charge in [0.15, 0.2) is 0 Å². The first-order valence-electron chi connectivity index (χ1n) is 3.89. The molecule has 1 heterocycles. The highest BCUT2D eigenvalue weighted by Crippen LogP contribution is 2.13. The Morgan fingerprint density at radius 3 is 3.00 bits per heavy atom. The van der Waals surface area contributed by atoms with E-state index in [0.717, 1.165) is 5.52 Å². The molecule has 0 atom stereocenters. The van der Waals surface area contributed by atoms with Gasteiger partial charge in [-0.15, -0.1) is 0 Å². The molecule has 2 aromatic rings. The molecule has 0 saturated heterocycles. The van der Waals surface area contributed by atoms with Crippen LogP contribution >= 0.6 is 0 Å². The van der Waals surface area contributed by atoms with Gasteiger partial charge < -0.3 is 5.32 Å². The number of hydrogen-bond acceptors (Lipinski definition) is 3. The van der Waals surface area contributed by atoms with Gasteiger partial charge in [-0.2, -0.15) is 0 Å². The van der Waals surface area contributed by atoms with Crippen molar-refractivity contribution in [3.05, 3.63) is 30.2 Å². The molecule has 66 valence electrons. The number of aromatic nitrogens is 2. The molecule has 0 aliphatic rings. The van der Waals surface area contributed by atoms with Crippen LogP contribution < -0.4 is 5.32 Å². The molecule has 0 unspecified atom stereocenters. The summed E-state index contributed by atoms with van der Waals surface area (Å²) in [6, 6.07) is 4.43. The molecular weight excluding hydrogens is 169 g/mol. The Morgan fingerprint density at radius 2 is 2.23 bits per heavy atom. The third kappa shape index (κ3) is 1.42. The summed E-state index contributed by atoms with van der Waals surface area (Å²) in [6.07, 6.45) is 1.59. The summed E-state index contributed by atoms with van der Waals surface area (Å²) in [5.74, 6) is 0.271. The van der Waals surface area contributed by atoms with Crippen molar-refractivity contribution in [1.29, 1.82) is 0 Å². The van der Waals surface area contributed by atoms with E-state index in [9.17, 15) is 4.39 Å². The number of halogens is 1. The van der Waals surface area contributed by atoms with Gasteiger partial charge in [-0.1, -0.05) is 0 Å². The monoisotopic (exact) mass is 177 g/mol. The first-order valence-corrected chi connectivity index (χ1v) is 3.89. The Bertz CT molecular complexity index is 442. The summed E-state index contributed by atoms with van der Waals surface area (Å²) in [5.41, 5.74) is 0.737. The maximum absolute atomic E-state index is 12.7. The average Bonchev–Trinajstić information content (AvgIpc) is 2.17. The lowest BCUT2D eigenvalue weighted by Gasteiger charge is -1.99. The maximum atomic E-state index is 12.7. The van der Waals surface area contributed by atoms with Crippen LogP contribution in [-0.2, 0) is 0 Å². The number of benzene rings is 1. The fourth-order valence-electron chi connectivity index (χ4n) is 1.12. The topological polar surface area (TPSA) is 37.8 Å². The van der Waals surface area contributed by atoms with Crippen molar-refractivity contribution in [2.24, 2.45) is 0 Å². The van der Waals surface area contributed by atoms with Crippen LogP contribution in [0.15, 0.2) is 24.4 Å². The molecule has 0 bridgehead atoms. The molecule has 0 aliphatic carbocycles. The molecule has 1 aromatic carbocycles. The van der Waals surface area contributed by atoms with Crippen LogP contribution in [0.5, 0.6) is 0 Å². The lowest BCUT2D eigenvalue weighted by molar-refractivity contribution is 0.629. The number of nitrogens with zero attached hydrogens (tertiary/aromatic N) is 2. The lowest BCUT2D eigenvalue weighted by Crippen LogP contribution is -1.95. The van der Waals surface area contributed by atoms with Crippen molar-refractivity contribution < 1.29 is 4.39 Å².